The third-order valence-electron chi connectivity index (χ3n) is 8.10. The van der Waals surface area contributed by atoms with Gasteiger partial charge in [0.05, 0.1) is 12.3 Å². The molecular weight excluding hydrogens is 528 g/mol. The van der Waals surface area contributed by atoms with Crippen molar-refractivity contribution in [3.8, 4) is 11.1 Å². The Morgan fingerprint density at radius 1 is 1.18 bits per heavy atom. The fraction of sp³-hybridized carbons (Fsp3) is 0.500. The molecule has 202 valence electrons. The Kier molecular flexibility index (Phi) is 6.88. The van der Waals surface area contributed by atoms with E-state index in [0.29, 0.717) is 16.7 Å². The predicted octanol–water partition coefficient (Wildman–Crippen LogP) is 4.88. The Bertz CT molecular complexity index is 1350. The molecule has 3 aliphatic rings. The standard InChI is InChI=1S/C26H31F2N7OS2/c1-25(2,16-36)33-11-9-26(13-33)14-34(15-26)37-24-31-23(35(32-24)38-28)30-22-19-5-3-4-17(19)6-7-20(22)18-8-10-29-21(27)12-18/h6-8,10,12,36H,3-5,9,11,13-16H2,1-2H3,(H,30,31,32). The van der Waals surface area contributed by atoms with Crippen LogP contribution in [0.3, 0.4) is 0 Å². The van der Waals surface area contributed by atoms with Gasteiger partial charge in [0.2, 0.25) is 17.1 Å². The van der Waals surface area contributed by atoms with Gasteiger partial charge >= 0.3 is 0 Å². The molecular formula is C26H31F2N7OS2. The van der Waals surface area contributed by atoms with Crippen LogP contribution in [0.15, 0.2) is 35.6 Å². The molecule has 2 N–H and O–H groups in total. The van der Waals surface area contributed by atoms with Crippen molar-refractivity contribution in [2.75, 3.05) is 38.1 Å². The van der Waals surface area contributed by atoms with E-state index in [-0.39, 0.29) is 29.9 Å². The molecule has 2 saturated heterocycles. The predicted molar refractivity (Wildman–Crippen MR) is 146 cm³/mol. The number of rotatable bonds is 8. The number of nitrogens with one attached hydrogen (secondary N) is 1. The topological polar surface area (TPSA) is 82.3 Å². The minimum absolute atomic E-state index is 0.00172. The maximum absolute atomic E-state index is 13.9. The van der Waals surface area contributed by atoms with Gasteiger partial charge in [-0.15, -0.1) is 13.1 Å². The molecule has 2 aliphatic heterocycles. The van der Waals surface area contributed by atoms with E-state index in [2.05, 4.69) is 49.5 Å². The minimum Gasteiger partial charge on any atom is -0.394 e. The Balaban J connectivity index is 1.20. The molecule has 12 heteroatoms. The summed E-state index contributed by atoms with van der Waals surface area (Å²) in [7, 11) is 0. The minimum atomic E-state index is -0.548. The van der Waals surface area contributed by atoms with Crippen molar-refractivity contribution in [3.63, 3.8) is 0 Å². The summed E-state index contributed by atoms with van der Waals surface area (Å²) < 4.78 is 31.3. The second-order valence-electron chi connectivity index (χ2n) is 11.2. The molecule has 0 atom stereocenters. The van der Waals surface area contributed by atoms with Crippen LogP contribution in [0.25, 0.3) is 11.1 Å². The highest BCUT2D eigenvalue weighted by atomic mass is 32.2. The molecule has 0 saturated carbocycles. The molecule has 2 fully saturated rings. The Labute approximate surface area is 229 Å². The molecule has 8 nitrogen and oxygen atoms in total. The molecule has 0 amide bonds. The van der Waals surface area contributed by atoms with Gasteiger partial charge in [-0.2, -0.15) is 9.37 Å². The molecule has 6 rings (SSSR count). The lowest BCUT2D eigenvalue weighted by Gasteiger charge is -2.47. The third-order valence-corrected chi connectivity index (χ3v) is 9.34. The number of aryl methyl sites for hydroxylation is 1. The number of hydrogen-bond acceptors (Lipinski definition) is 9. The smallest absolute Gasteiger partial charge is 0.239 e. The van der Waals surface area contributed by atoms with Gasteiger partial charge in [-0.3, -0.25) is 4.90 Å². The summed E-state index contributed by atoms with van der Waals surface area (Å²) in [6.07, 6.45) is 5.44. The van der Waals surface area contributed by atoms with Crippen molar-refractivity contribution in [3.05, 3.63) is 47.5 Å². The van der Waals surface area contributed by atoms with Crippen LogP contribution in [0.4, 0.5) is 19.9 Å². The van der Waals surface area contributed by atoms with Crippen LogP contribution >= 0.6 is 24.3 Å². The average molecular weight is 560 g/mol. The van der Waals surface area contributed by atoms with Gasteiger partial charge in [-0.05, 0) is 68.8 Å². The number of nitrogens with zero attached hydrogens (tertiary/aromatic N) is 6. The third kappa shape index (κ3) is 4.81. The number of fused-ring (bicyclic) bond motifs is 1. The van der Waals surface area contributed by atoms with E-state index >= 15 is 0 Å². The van der Waals surface area contributed by atoms with Gasteiger partial charge in [0.25, 0.3) is 0 Å². The van der Waals surface area contributed by atoms with Gasteiger partial charge in [-0.1, -0.05) is 12.1 Å². The number of anilines is 2. The lowest BCUT2D eigenvalue weighted by atomic mass is 9.81. The molecule has 38 heavy (non-hydrogen) atoms. The van der Waals surface area contributed by atoms with Crippen LogP contribution in [-0.2, 0) is 12.8 Å². The summed E-state index contributed by atoms with van der Waals surface area (Å²) in [4.78, 5) is 10.7. The molecule has 1 aromatic carbocycles. The summed E-state index contributed by atoms with van der Waals surface area (Å²) in [5.41, 5.74) is 4.72. The van der Waals surface area contributed by atoms with Crippen molar-refractivity contribution in [1.82, 2.24) is 28.4 Å². The van der Waals surface area contributed by atoms with Crippen LogP contribution < -0.4 is 5.32 Å². The number of benzene rings is 1. The molecule has 4 heterocycles. The Morgan fingerprint density at radius 3 is 2.79 bits per heavy atom. The van der Waals surface area contributed by atoms with Crippen molar-refractivity contribution >= 4 is 35.9 Å². The zero-order chi connectivity index (χ0) is 26.5. The van der Waals surface area contributed by atoms with E-state index in [1.807, 2.05) is 6.07 Å². The van der Waals surface area contributed by atoms with Crippen LogP contribution in [0.5, 0.6) is 0 Å². The highest BCUT2D eigenvalue weighted by Crippen LogP contribution is 2.46. The number of aliphatic hydroxyl groups excluding tert-OH is 1. The van der Waals surface area contributed by atoms with Crippen molar-refractivity contribution < 1.29 is 13.4 Å². The zero-order valence-corrected chi connectivity index (χ0v) is 23.1. The number of pyridine rings is 1. The first-order valence-corrected chi connectivity index (χ1v) is 14.3. The summed E-state index contributed by atoms with van der Waals surface area (Å²) >= 11 is 1.44. The monoisotopic (exact) mass is 559 g/mol. The van der Waals surface area contributed by atoms with E-state index in [4.69, 9.17) is 0 Å². The number of likely N-dealkylation sites (tertiary alicyclic amines) is 1. The van der Waals surface area contributed by atoms with E-state index < -0.39 is 5.95 Å². The van der Waals surface area contributed by atoms with Crippen molar-refractivity contribution in [2.24, 2.45) is 5.41 Å². The molecule has 3 aromatic rings. The summed E-state index contributed by atoms with van der Waals surface area (Å²) in [5, 5.41) is 17.9. The van der Waals surface area contributed by atoms with E-state index in [0.717, 1.165) is 72.8 Å². The maximum atomic E-state index is 13.9. The quantitative estimate of drug-likeness (QED) is 0.297. The average Bonchev–Trinajstić information content (AvgIpc) is 3.63. The summed E-state index contributed by atoms with van der Waals surface area (Å²) in [6, 6.07) is 7.24. The molecule has 2 aromatic heterocycles. The normalized spacial score (nSPS) is 19.2. The van der Waals surface area contributed by atoms with Crippen LogP contribution in [0, 0.1) is 11.4 Å². The van der Waals surface area contributed by atoms with E-state index in [1.54, 1.807) is 6.07 Å². The fourth-order valence-electron chi connectivity index (χ4n) is 5.87. The molecule has 0 bridgehead atoms. The SMILES string of the molecule is CC(C)(CO)N1CCC2(CN(Sc3nc(Nc4c(-c5ccnc(F)c5)ccc5c4CCC5)n(SF)n3)C2)C1. The highest BCUT2D eigenvalue weighted by Gasteiger charge is 2.50. The number of hydrogen-bond donors (Lipinski definition) is 2. The Hall–Kier alpha value is -2.25. The van der Waals surface area contributed by atoms with Crippen LogP contribution in [0.1, 0.15) is 37.8 Å². The largest absolute Gasteiger partial charge is 0.394 e. The summed E-state index contributed by atoms with van der Waals surface area (Å²) in [6.45, 7) is 8.05. The molecule has 1 spiro atoms. The number of aromatic nitrogens is 4. The maximum Gasteiger partial charge on any atom is 0.239 e. The lowest BCUT2D eigenvalue weighted by molar-refractivity contribution is 0.0379. The van der Waals surface area contributed by atoms with Crippen LogP contribution in [0.2, 0.25) is 0 Å². The zero-order valence-electron chi connectivity index (χ0n) is 21.5. The first-order chi connectivity index (χ1) is 18.3. The van der Waals surface area contributed by atoms with E-state index in [9.17, 15) is 13.4 Å². The van der Waals surface area contributed by atoms with Gasteiger partial charge < -0.3 is 10.4 Å². The number of halogens is 2. The van der Waals surface area contributed by atoms with Crippen LogP contribution in [-0.4, -0.2) is 71.8 Å². The first kappa shape index (κ1) is 26.0. The Morgan fingerprint density at radius 2 is 2.03 bits per heavy atom. The van der Waals surface area contributed by atoms with E-state index in [1.165, 1.54) is 29.8 Å². The van der Waals surface area contributed by atoms with Gasteiger partial charge in [0.1, 0.15) is 0 Å². The molecule has 0 radical (unpaired) electrons. The van der Waals surface area contributed by atoms with Crippen molar-refractivity contribution in [2.45, 2.75) is 50.2 Å². The second kappa shape index (κ2) is 10.1. The highest BCUT2D eigenvalue weighted by molar-refractivity contribution is 7.97. The fourth-order valence-corrected chi connectivity index (χ4v) is 7.33. The van der Waals surface area contributed by atoms with Gasteiger partial charge in [0, 0.05) is 60.4 Å². The van der Waals surface area contributed by atoms with Gasteiger partial charge in [0.15, 0.2) is 12.3 Å². The lowest BCUT2D eigenvalue weighted by Crippen LogP contribution is -2.56. The second-order valence-corrected chi connectivity index (χ2v) is 12.7. The molecule has 1 aliphatic carbocycles. The van der Waals surface area contributed by atoms with Crippen molar-refractivity contribution in [1.29, 1.82) is 0 Å². The number of aliphatic hydroxyl groups is 1. The van der Waals surface area contributed by atoms with Gasteiger partial charge in [-0.25, -0.2) is 9.29 Å². The summed E-state index contributed by atoms with van der Waals surface area (Å²) in [5.74, 6) is -0.254. The molecule has 0 unspecified atom stereocenters. The first-order valence-electron chi connectivity index (χ1n) is 12.9.